The van der Waals surface area contributed by atoms with Gasteiger partial charge in [0.05, 0.1) is 28.9 Å². The summed E-state index contributed by atoms with van der Waals surface area (Å²) in [4.78, 5) is 12.4. The highest BCUT2D eigenvalue weighted by molar-refractivity contribution is 6.90. The van der Waals surface area contributed by atoms with Gasteiger partial charge in [-0.3, -0.25) is 0 Å². The van der Waals surface area contributed by atoms with Crippen molar-refractivity contribution in [1.82, 2.24) is 5.32 Å². The van der Waals surface area contributed by atoms with Crippen LogP contribution < -0.4 is 15.8 Å². The number of rotatable bonds is 7. The smallest absolute Gasteiger partial charge is 0.339 e. The molecule has 172 valence electrons. The first-order valence-corrected chi connectivity index (χ1v) is 13.8. The number of anilines is 1. The minimum absolute atomic E-state index is 0.224. The van der Waals surface area contributed by atoms with E-state index < -0.39 is 14.0 Å². The molecule has 0 spiro atoms. The fourth-order valence-electron chi connectivity index (χ4n) is 4.84. The van der Waals surface area contributed by atoms with Crippen molar-refractivity contribution in [1.29, 1.82) is 0 Å². The number of esters is 1. The minimum Gasteiger partial charge on any atom is -0.490 e. The van der Waals surface area contributed by atoms with Crippen LogP contribution in [-0.4, -0.2) is 40.3 Å². The van der Waals surface area contributed by atoms with E-state index in [0.717, 1.165) is 19.4 Å². The maximum Gasteiger partial charge on any atom is 0.339 e. The van der Waals surface area contributed by atoms with E-state index >= 15 is 0 Å². The summed E-state index contributed by atoms with van der Waals surface area (Å²) in [7, 11) is -0.678. The second-order valence-electron chi connectivity index (χ2n) is 9.27. The number of hydrogen-bond donors (Lipinski definition) is 2. The lowest BCUT2D eigenvalue weighted by atomic mass is 10.1. The van der Waals surface area contributed by atoms with Crippen LogP contribution in [-0.2, 0) is 4.74 Å². The van der Waals surface area contributed by atoms with Crippen LogP contribution in [0.1, 0.15) is 70.3 Å². The molecule has 1 aromatic rings. The first-order valence-electron chi connectivity index (χ1n) is 11.2. The highest BCUT2D eigenvalue weighted by atomic mass is 35.5. The zero-order valence-electron chi connectivity index (χ0n) is 19.9. The summed E-state index contributed by atoms with van der Waals surface area (Å²) < 4.78 is 10.9. The molecule has 0 aliphatic carbocycles. The number of nitrogen functional groups attached to an aromatic ring is 1. The quantitative estimate of drug-likeness (QED) is 0.244. The third-order valence-corrected chi connectivity index (χ3v) is 13.2. The fraction of sp³-hybridized carbons (Fsp3) is 0.625. The van der Waals surface area contributed by atoms with Crippen molar-refractivity contribution in [3.05, 3.63) is 22.2 Å². The van der Waals surface area contributed by atoms with Crippen LogP contribution in [0, 0.1) is 11.5 Å². The van der Waals surface area contributed by atoms with Gasteiger partial charge in [0.25, 0.3) is 0 Å². The predicted octanol–water partition coefficient (Wildman–Crippen LogP) is 5.41. The van der Waals surface area contributed by atoms with Crippen LogP contribution in [0.25, 0.3) is 0 Å². The normalized spacial score (nSPS) is 16.5. The lowest BCUT2D eigenvalue weighted by Gasteiger charge is -2.38. The highest BCUT2D eigenvalue weighted by Crippen LogP contribution is 2.41. The molecule has 1 fully saturated rings. The molecular formula is C24H37ClN2O3Si. The molecule has 0 amide bonds. The number of hydrogen-bond acceptors (Lipinski definition) is 5. The summed E-state index contributed by atoms with van der Waals surface area (Å²) in [5.41, 5.74) is 12.6. The maximum atomic E-state index is 12.4. The maximum absolute atomic E-state index is 12.4. The van der Waals surface area contributed by atoms with Crippen molar-refractivity contribution in [3.8, 4) is 17.2 Å². The molecule has 5 nitrogen and oxygen atoms in total. The Kier molecular flexibility index (Phi) is 8.88. The van der Waals surface area contributed by atoms with Crippen LogP contribution in [0.3, 0.4) is 0 Å². The predicted molar refractivity (Wildman–Crippen MR) is 132 cm³/mol. The second-order valence-corrected chi connectivity index (χ2v) is 15.2. The summed E-state index contributed by atoms with van der Waals surface area (Å²) in [6.45, 7) is 15.0. The number of ether oxygens (including phenoxy) is 2. The molecule has 0 aromatic heterocycles. The van der Waals surface area contributed by atoms with Gasteiger partial charge >= 0.3 is 5.97 Å². The van der Waals surface area contributed by atoms with Gasteiger partial charge in [0, 0.05) is 6.04 Å². The lowest BCUT2D eigenvalue weighted by molar-refractivity contribution is 0.0600. The largest absolute Gasteiger partial charge is 0.490 e. The molecule has 1 atom stereocenters. The average molecular weight is 465 g/mol. The number of nitrogens with one attached hydrogen (secondary N) is 1. The van der Waals surface area contributed by atoms with Crippen LogP contribution in [0.5, 0.6) is 5.75 Å². The molecular weight excluding hydrogens is 428 g/mol. The molecule has 3 N–H and O–H groups in total. The Balaban J connectivity index is 2.58. The van der Waals surface area contributed by atoms with Gasteiger partial charge in [0.1, 0.15) is 20.4 Å². The monoisotopic (exact) mass is 464 g/mol. The number of carbonyl (C=O) groups excluding carboxylic acids is 1. The van der Waals surface area contributed by atoms with E-state index in [1.807, 2.05) is 0 Å². The fourth-order valence-corrected chi connectivity index (χ4v) is 10.3. The van der Waals surface area contributed by atoms with Crippen molar-refractivity contribution in [2.75, 3.05) is 26.0 Å². The van der Waals surface area contributed by atoms with Crippen molar-refractivity contribution >= 4 is 31.3 Å². The van der Waals surface area contributed by atoms with Crippen molar-refractivity contribution < 1.29 is 14.3 Å². The van der Waals surface area contributed by atoms with Gasteiger partial charge in [-0.25, -0.2) is 4.79 Å². The topological polar surface area (TPSA) is 73.6 Å². The Hall–Kier alpha value is -1.68. The van der Waals surface area contributed by atoms with Crippen molar-refractivity contribution in [3.63, 3.8) is 0 Å². The Labute approximate surface area is 193 Å². The molecule has 0 unspecified atom stereocenters. The Morgan fingerprint density at radius 2 is 1.87 bits per heavy atom. The molecule has 1 aromatic carbocycles. The standard InChI is InChI=1S/C24H37ClN2O3Si/c1-15(2)31(16(3)4,17(5)6)12-10-19-22(25)20(24(28)29-7)13-21(23(19)26)30-14-18-9-8-11-27-18/h13,15-18,27H,8-9,11,14,26H2,1-7H3/t18-/m1/s1. The van der Waals surface area contributed by atoms with Crippen molar-refractivity contribution in [2.45, 2.75) is 77.0 Å². The second kappa shape index (κ2) is 10.8. The van der Waals surface area contributed by atoms with Gasteiger partial charge in [-0.2, -0.15) is 0 Å². The van der Waals surface area contributed by atoms with Crippen LogP contribution in [0.2, 0.25) is 21.6 Å². The van der Waals surface area contributed by atoms with Crippen molar-refractivity contribution in [2.24, 2.45) is 0 Å². The molecule has 7 heteroatoms. The van der Waals surface area contributed by atoms with Gasteiger partial charge in [0.15, 0.2) is 0 Å². The number of methoxy groups -OCH3 is 1. The van der Waals surface area contributed by atoms with Crippen LogP contribution in [0.15, 0.2) is 6.07 Å². The van der Waals surface area contributed by atoms with Gasteiger partial charge in [-0.1, -0.05) is 59.1 Å². The summed E-state index contributed by atoms with van der Waals surface area (Å²) in [6, 6.07) is 1.84. The average Bonchev–Trinajstić information content (AvgIpc) is 3.22. The molecule has 1 aliphatic rings. The van der Waals surface area contributed by atoms with E-state index in [2.05, 4.69) is 58.3 Å². The molecule has 2 rings (SSSR count). The molecule has 0 saturated carbocycles. The summed E-state index contributed by atoms with van der Waals surface area (Å²) in [5.74, 6) is 3.20. The Morgan fingerprint density at radius 1 is 1.26 bits per heavy atom. The molecule has 0 bridgehead atoms. The van der Waals surface area contributed by atoms with Crippen LogP contribution >= 0.6 is 11.6 Å². The summed E-state index contributed by atoms with van der Waals surface area (Å²) in [5, 5.41) is 3.62. The third kappa shape index (κ3) is 5.39. The van der Waals surface area contributed by atoms with Crippen LogP contribution in [0.4, 0.5) is 5.69 Å². The molecule has 31 heavy (non-hydrogen) atoms. The number of carbonyl (C=O) groups is 1. The molecule has 1 saturated heterocycles. The third-order valence-electron chi connectivity index (χ3n) is 6.54. The van der Waals surface area contributed by atoms with Gasteiger partial charge in [-0.15, -0.1) is 5.54 Å². The Morgan fingerprint density at radius 3 is 2.35 bits per heavy atom. The van der Waals surface area contributed by atoms with E-state index in [4.69, 9.17) is 26.8 Å². The first kappa shape index (κ1) is 25.6. The number of halogens is 1. The number of benzene rings is 1. The van der Waals surface area contributed by atoms with Gasteiger partial charge in [0.2, 0.25) is 0 Å². The van der Waals surface area contributed by atoms with E-state index in [1.54, 1.807) is 6.07 Å². The minimum atomic E-state index is -2.01. The van der Waals surface area contributed by atoms with E-state index in [0.29, 0.717) is 40.2 Å². The van der Waals surface area contributed by atoms with E-state index in [9.17, 15) is 4.79 Å². The molecule has 1 aliphatic heterocycles. The van der Waals surface area contributed by atoms with E-state index in [1.165, 1.54) is 7.11 Å². The SMILES string of the molecule is COC(=O)c1cc(OC[C@H]2CCCN2)c(N)c(C#C[Si](C(C)C)(C(C)C)C(C)C)c1Cl. The lowest BCUT2D eigenvalue weighted by Crippen LogP contribution is -2.43. The molecule has 1 heterocycles. The summed E-state index contributed by atoms with van der Waals surface area (Å²) >= 11 is 6.62. The Bertz CT molecular complexity index is 831. The highest BCUT2D eigenvalue weighted by Gasteiger charge is 2.41. The number of nitrogens with two attached hydrogens (primary N) is 1. The van der Waals surface area contributed by atoms with Gasteiger partial charge in [-0.05, 0) is 42.1 Å². The zero-order valence-corrected chi connectivity index (χ0v) is 21.7. The molecule has 0 radical (unpaired) electrons. The van der Waals surface area contributed by atoms with Gasteiger partial charge < -0.3 is 20.5 Å². The van der Waals surface area contributed by atoms with E-state index in [-0.39, 0.29) is 16.6 Å². The first-order chi connectivity index (χ1) is 14.6. The zero-order chi connectivity index (χ0) is 23.3. The summed E-state index contributed by atoms with van der Waals surface area (Å²) in [6.07, 6.45) is 2.18.